The molecule has 0 unspecified atom stereocenters. The normalized spacial score (nSPS) is 11.2. The van der Waals surface area contributed by atoms with Crippen LogP contribution in [0.5, 0.6) is 0 Å². The fraction of sp³-hybridized carbons (Fsp3) is 0.278. The molecule has 128 valence electrons. The maximum Gasteiger partial charge on any atom is 0.416 e. The van der Waals surface area contributed by atoms with Gasteiger partial charge in [0.25, 0.3) is 0 Å². The van der Waals surface area contributed by atoms with Crippen molar-refractivity contribution < 1.29 is 18.0 Å². The average Bonchev–Trinajstić information content (AvgIpc) is 2.54. The van der Waals surface area contributed by atoms with Gasteiger partial charge in [-0.05, 0) is 30.5 Å². The highest BCUT2D eigenvalue weighted by atomic mass is 19.4. The summed E-state index contributed by atoms with van der Waals surface area (Å²) in [5, 5.41) is 5.35. The van der Waals surface area contributed by atoms with Crippen molar-refractivity contribution in [1.82, 2.24) is 10.6 Å². The summed E-state index contributed by atoms with van der Waals surface area (Å²) in [7, 11) is 0. The van der Waals surface area contributed by atoms with Crippen molar-refractivity contribution in [3.63, 3.8) is 0 Å². The number of rotatable bonds is 5. The molecule has 0 aliphatic rings. The second-order valence-electron chi connectivity index (χ2n) is 5.54. The van der Waals surface area contributed by atoms with Crippen LogP contribution >= 0.6 is 0 Å². The Labute approximate surface area is 138 Å². The van der Waals surface area contributed by atoms with Crippen LogP contribution in [0.3, 0.4) is 0 Å². The quantitative estimate of drug-likeness (QED) is 0.849. The summed E-state index contributed by atoms with van der Waals surface area (Å²) in [6, 6.07) is 12.6. The van der Waals surface area contributed by atoms with E-state index in [2.05, 4.69) is 10.6 Å². The monoisotopic (exact) mass is 336 g/mol. The van der Waals surface area contributed by atoms with Crippen LogP contribution in [0, 0.1) is 6.92 Å². The Morgan fingerprint density at radius 1 is 1.00 bits per heavy atom. The van der Waals surface area contributed by atoms with Gasteiger partial charge in [0, 0.05) is 13.1 Å². The van der Waals surface area contributed by atoms with E-state index in [1.54, 1.807) is 6.07 Å². The van der Waals surface area contributed by atoms with Crippen molar-refractivity contribution in [2.45, 2.75) is 26.1 Å². The third-order valence-electron chi connectivity index (χ3n) is 3.53. The molecule has 3 nitrogen and oxygen atoms in total. The smallest absolute Gasteiger partial charge is 0.338 e. The number of benzene rings is 2. The van der Waals surface area contributed by atoms with Crippen LogP contribution in [0.15, 0.2) is 48.5 Å². The zero-order valence-electron chi connectivity index (χ0n) is 13.3. The molecule has 0 atom stereocenters. The van der Waals surface area contributed by atoms with E-state index < -0.39 is 11.7 Å². The summed E-state index contributed by atoms with van der Waals surface area (Å²) < 4.78 is 37.9. The van der Waals surface area contributed by atoms with E-state index in [9.17, 15) is 18.0 Å². The van der Waals surface area contributed by atoms with E-state index in [1.165, 1.54) is 6.07 Å². The molecule has 6 heteroatoms. The van der Waals surface area contributed by atoms with Gasteiger partial charge < -0.3 is 10.6 Å². The molecule has 2 aromatic rings. The molecule has 0 saturated carbocycles. The molecule has 2 aromatic carbocycles. The van der Waals surface area contributed by atoms with Crippen LogP contribution in [0.4, 0.5) is 18.0 Å². The Hall–Kier alpha value is -2.50. The predicted molar refractivity (Wildman–Crippen MR) is 86.6 cm³/mol. The third-order valence-corrected chi connectivity index (χ3v) is 3.53. The van der Waals surface area contributed by atoms with E-state index in [0.717, 1.165) is 23.3 Å². The first-order valence-electron chi connectivity index (χ1n) is 7.58. The summed E-state index contributed by atoms with van der Waals surface area (Å²) in [5.74, 6) is 0. The molecule has 0 aliphatic heterocycles. The first kappa shape index (κ1) is 17.8. The maximum atomic E-state index is 12.6. The maximum absolute atomic E-state index is 12.6. The first-order chi connectivity index (χ1) is 11.3. The summed E-state index contributed by atoms with van der Waals surface area (Å²) in [5.41, 5.74) is 1.98. The number of aryl methyl sites for hydroxylation is 1. The van der Waals surface area contributed by atoms with Crippen LogP contribution in [-0.2, 0) is 19.1 Å². The molecule has 24 heavy (non-hydrogen) atoms. The third kappa shape index (κ3) is 5.61. The lowest BCUT2D eigenvalue weighted by Gasteiger charge is -2.10. The van der Waals surface area contributed by atoms with Gasteiger partial charge in [-0.15, -0.1) is 0 Å². The van der Waals surface area contributed by atoms with Gasteiger partial charge in [-0.3, -0.25) is 0 Å². The minimum Gasteiger partial charge on any atom is -0.338 e. The first-order valence-corrected chi connectivity index (χ1v) is 7.58. The summed E-state index contributed by atoms with van der Waals surface area (Å²) in [6.07, 6.45) is -4.02. The zero-order valence-corrected chi connectivity index (χ0v) is 13.3. The average molecular weight is 336 g/mol. The highest BCUT2D eigenvalue weighted by Gasteiger charge is 2.30. The fourth-order valence-corrected chi connectivity index (χ4v) is 2.17. The van der Waals surface area contributed by atoms with Gasteiger partial charge in [0.05, 0.1) is 5.56 Å². The Bertz CT molecular complexity index is 681. The van der Waals surface area contributed by atoms with Crippen LogP contribution in [0.1, 0.15) is 22.3 Å². The van der Waals surface area contributed by atoms with Gasteiger partial charge in [0.2, 0.25) is 0 Å². The molecule has 0 heterocycles. The number of urea groups is 1. The molecule has 0 radical (unpaired) electrons. The number of carbonyl (C=O) groups excluding carboxylic acids is 1. The Morgan fingerprint density at radius 3 is 2.38 bits per heavy atom. The summed E-state index contributed by atoms with van der Waals surface area (Å²) in [4.78, 5) is 11.7. The van der Waals surface area contributed by atoms with Gasteiger partial charge in [-0.25, -0.2) is 4.79 Å². The molecule has 0 aliphatic carbocycles. The standard InChI is InChI=1S/C18H19F3N2O/c1-13-5-7-15(8-6-13)12-23-17(24)22-10-9-14-3-2-4-16(11-14)18(19,20)21/h2-8,11H,9-10,12H2,1H3,(H2,22,23,24). The minimum absolute atomic E-state index is 0.265. The molecule has 2 N–H and O–H groups in total. The SMILES string of the molecule is Cc1ccc(CNC(=O)NCCc2cccc(C(F)(F)F)c2)cc1. The van der Waals surface area contributed by atoms with E-state index in [1.807, 2.05) is 31.2 Å². The van der Waals surface area contributed by atoms with Crippen LogP contribution in [0.25, 0.3) is 0 Å². The predicted octanol–water partition coefficient (Wildman–Crippen LogP) is 4.06. The summed E-state index contributed by atoms with van der Waals surface area (Å²) >= 11 is 0. The number of carbonyl (C=O) groups is 1. The lowest BCUT2D eigenvalue weighted by molar-refractivity contribution is -0.137. The van der Waals surface area contributed by atoms with Gasteiger partial charge in [-0.1, -0.05) is 48.0 Å². The largest absolute Gasteiger partial charge is 0.416 e. The van der Waals surface area contributed by atoms with E-state index in [0.29, 0.717) is 18.5 Å². The van der Waals surface area contributed by atoms with Gasteiger partial charge in [0.1, 0.15) is 0 Å². The van der Waals surface area contributed by atoms with Gasteiger partial charge >= 0.3 is 12.2 Å². The molecule has 0 aromatic heterocycles. The number of hydrogen-bond donors (Lipinski definition) is 2. The highest BCUT2D eigenvalue weighted by molar-refractivity contribution is 5.73. The van der Waals surface area contributed by atoms with Gasteiger partial charge in [-0.2, -0.15) is 13.2 Å². The van der Waals surface area contributed by atoms with Crippen LogP contribution < -0.4 is 10.6 Å². The fourth-order valence-electron chi connectivity index (χ4n) is 2.17. The number of halogens is 3. The second kappa shape index (κ2) is 7.86. The van der Waals surface area contributed by atoms with Crippen molar-refractivity contribution in [2.75, 3.05) is 6.54 Å². The number of hydrogen-bond acceptors (Lipinski definition) is 1. The van der Waals surface area contributed by atoms with Crippen molar-refractivity contribution in [2.24, 2.45) is 0 Å². The molecule has 0 bridgehead atoms. The molecule has 2 rings (SSSR count). The lowest BCUT2D eigenvalue weighted by atomic mass is 10.1. The van der Waals surface area contributed by atoms with Gasteiger partial charge in [0.15, 0.2) is 0 Å². The minimum atomic E-state index is -4.35. The number of amides is 2. The molecular weight excluding hydrogens is 317 g/mol. The van der Waals surface area contributed by atoms with Crippen molar-refractivity contribution in [3.05, 3.63) is 70.8 Å². The highest BCUT2D eigenvalue weighted by Crippen LogP contribution is 2.29. The molecule has 0 fully saturated rings. The zero-order chi connectivity index (χ0) is 17.6. The van der Waals surface area contributed by atoms with Crippen LogP contribution in [0.2, 0.25) is 0 Å². The Balaban J connectivity index is 1.75. The number of alkyl halides is 3. The van der Waals surface area contributed by atoms with Crippen LogP contribution in [-0.4, -0.2) is 12.6 Å². The molecule has 0 spiro atoms. The van der Waals surface area contributed by atoms with Crippen molar-refractivity contribution in [1.29, 1.82) is 0 Å². The van der Waals surface area contributed by atoms with Crippen molar-refractivity contribution in [3.8, 4) is 0 Å². The topological polar surface area (TPSA) is 41.1 Å². The van der Waals surface area contributed by atoms with E-state index >= 15 is 0 Å². The van der Waals surface area contributed by atoms with E-state index in [4.69, 9.17) is 0 Å². The Kier molecular flexibility index (Phi) is 5.84. The molecule has 2 amide bonds. The molecular formula is C18H19F3N2O. The molecule has 0 saturated heterocycles. The summed E-state index contributed by atoms with van der Waals surface area (Å²) in [6.45, 7) is 2.65. The Morgan fingerprint density at radius 2 is 1.71 bits per heavy atom. The lowest BCUT2D eigenvalue weighted by Crippen LogP contribution is -2.36. The number of nitrogens with one attached hydrogen (secondary N) is 2. The van der Waals surface area contributed by atoms with Crippen molar-refractivity contribution >= 4 is 6.03 Å². The van der Waals surface area contributed by atoms with E-state index in [-0.39, 0.29) is 12.6 Å². The second-order valence-corrected chi connectivity index (χ2v) is 5.54.